The van der Waals surface area contributed by atoms with Gasteiger partial charge in [0, 0.05) is 11.8 Å². The van der Waals surface area contributed by atoms with Gasteiger partial charge in [-0.2, -0.15) is 0 Å². The van der Waals surface area contributed by atoms with Crippen molar-refractivity contribution in [3.8, 4) is 11.3 Å². The van der Waals surface area contributed by atoms with Crippen LogP contribution in [0.4, 0.5) is 0 Å². The fourth-order valence-corrected chi connectivity index (χ4v) is 1.56. The average molecular weight is 205 g/mol. The van der Waals surface area contributed by atoms with Gasteiger partial charge in [0.15, 0.2) is 0 Å². The summed E-state index contributed by atoms with van der Waals surface area (Å²) in [5.41, 5.74) is 3.01. The quantitative estimate of drug-likeness (QED) is 0.714. The Labute approximate surface area is 87.6 Å². The Hall–Kier alpha value is -1.41. The normalized spacial score (nSPS) is 10.1. The van der Waals surface area contributed by atoms with Crippen LogP contribution >= 0.6 is 11.6 Å². The van der Waals surface area contributed by atoms with Crippen molar-refractivity contribution >= 4 is 11.6 Å². The van der Waals surface area contributed by atoms with Crippen LogP contribution in [0.25, 0.3) is 11.3 Å². The molecular weight excluding hydrogens is 196 g/mol. The first kappa shape index (κ1) is 9.16. The van der Waals surface area contributed by atoms with Gasteiger partial charge in [-0.1, -0.05) is 35.9 Å². The minimum absolute atomic E-state index is 0.585. The van der Waals surface area contributed by atoms with Gasteiger partial charge in [0.05, 0.1) is 10.7 Å². The number of nitrogens with zero attached hydrogens (tertiary/aromatic N) is 2. The summed E-state index contributed by atoms with van der Waals surface area (Å²) in [5, 5.41) is 0.585. The third-order valence-corrected chi connectivity index (χ3v) is 2.34. The maximum atomic E-state index is 6.01. The van der Waals surface area contributed by atoms with Crippen LogP contribution in [0.1, 0.15) is 5.56 Å². The molecule has 2 nitrogen and oxygen atoms in total. The molecule has 0 saturated heterocycles. The van der Waals surface area contributed by atoms with E-state index in [-0.39, 0.29) is 0 Å². The highest BCUT2D eigenvalue weighted by atomic mass is 35.5. The summed E-state index contributed by atoms with van der Waals surface area (Å²) in [6.07, 6.45) is 3.12. The van der Waals surface area contributed by atoms with Crippen LogP contribution in [-0.2, 0) is 0 Å². The molecule has 0 aliphatic rings. The van der Waals surface area contributed by atoms with E-state index in [1.165, 1.54) is 6.33 Å². The third kappa shape index (κ3) is 1.61. The van der Waals surface area contributed by atoms with Crippen molar-refractivity contribution in [2.24, 2.45) is 0 Å². The highest BCUT2D eigenvalue weighted by molar-refractivity contribution is 6.32. The van der Waals surface area contributed by atoms with Gasteiger partial charge in [-0.3, -0.25) is 0 Å². The molecule has 0 bridgehead atoms. The molecule has 0 unspecified atom stereocenters. The van der Waals surface area contributed by atoms with Crippen molar-refractivity contribution in [1.29, 1.82) is 0 Å². The van der Waals surface area contributed by atoms with E-state index in [9.17, 15) is 0 Å². The molecule has 0 amide bonds. The van der Waals surface area contributed by atoms with Crippen LogP contribution in [0, 0.1) is 6.92 Å². The lowest BCUT2D eigenvalue weighted by Crippen LogP contribution is -1.88. The highest BCUT2D eigenvalue weighted by Crippen LogP contribution is 2.26. The Morgan fingerprint density at radius 3 is 2.71 bits per heavy atom. The van der Waals surface area contributed by atoms with Gasteiger partial charge >= 0.3 is 0 Å². The SMILES string of the molecule is Cc1ccccc1-c1ncncc1Cl. The molecule has 0 N–H and O–H groups in total. The van der Waals surface area contributed by atoms with Gasteiger partial charge in [-0.05, 0) is 12.5 Å². The Balaban J connectivity index is 2.61. The van der Waals surface area contributed by atoms with Crippen LogP contribution in [0.5, 0.6) is 0 Å². The van der Waals surface area contributed by atoms with E-state index in [0.29, 0.717) is 5.02 Å². The van der Waals surface area contributed by atoms with Crippen LogP contribution in [0.2, 0.25) is 5.02 Å². The number of hydrogen-bond acceptors (Lipinski definition) is 2. The summed E-state index contributed by atoms with van der Waals surface area (Å²) in [5.74, 6) is 0. The van der Waals surface area contributed by atoms with Crippen molar-refractivity contribution in [3.05, 3.63) is 47.4 Å². The first-order valence-electron chi connectivity index (χ1n) is 4.30. The second kappa shape index (κ2) is 3.76. The zero-order valence-electron chi connectivity index (χ0n) is 7.74. The molecule has 3 heteroatoms. The number of benzene rings is 1. The smallest absolute Gasteiger partial charge is 0.116 e. The van der Waals surface area contributed by atoms with E-state index in [4.69, 9.17) is 11.6 Å². The second-order valence-electron chi connectivity index (χ2n) is 3.03. The first-order chi connectivity index (χ1) is 6.79. The lowest BCUT2D eigenvalue weighted by atomic mass is 10.1. The van der Waals surface area contributed by atoms with Gasteiger partial charge in [0.1, 0.15) is 6.33 Å². The molecule has 14 heavy (non-hydrogen) atoms. The summed E-state index contributed by atoms with van der Waals surface area (Å²) in [6, 6.07) is 8.01. The molecule has 2 aromatic rings. The van der Waals surface area contributed by atoms with E-state index in [0.717, 1.165) is 16.8 Å². The standard InChI is InChI=1S/C11H9ClN2/c1-8-4-2-3-5-9(8)11-10(12)6-13-7-14-11/h2-7H,1H3. The van der Waals surface area contributed by atoms with E-state index in [1.807, 2.05) is 31.2 Å². The molecule has 0 aliphatic heterocycles. The molecule has 0 aliphatic carbocycles. The van der Waals surface area contributed by atoms with Crippen molar-refractivity contribution in [3.63, 3.8) is 0 Å². The van der Waals surface area contributed by atoms with Gasteiger partial charge in [-0.15, -0.1) is 0 Å². The lowest BCUT2D eigenvalue weighted by molar-refractivity contribution is 1.17. The predicted octanol–water partition coefficient (Wildman–Crippen LogP) is 3.11. The molecule has 0 atom stereocenters. The van der Waals surface area contributed by atoms with Gasteiger partial charge in [0.25, 0.3) is 0 Å². The Kier molecular flexibility index (Phi) is 2.46. The zero-order chi connectivity index (χ0) is 9.97. The number of aryl methyl sites for hydroxylation is 1. The van der Waals surface area contributed by atoms with Gasteiger partial charge < -0.3 is 0 Å². The van der Waals surface area contributed by atoms with Gasteiger partial charge in [0.2, 0.25) is 0 Å². The third-order valence-electron chi connectivity index (χ3n) is 2.07. The number of halogens is 1. The first-order valence-corrected chi connectivity index (χ1v) is 4.68. The molecular formula is C11H9ClN2. The summed E-state index contributed by atoms with van der Waals surface area (Å²) in [4.78, 5) is 8.02. The monoisotopic (exact) mass is 204 g/mol. The Bertz CT molecular complexity index is 411. The number of hydrogen-bond donors (Lipinski definition) is 0. The number of rotatable bonds is 1. The largest absolute Gasteiger partial charge is 0.243 e. The average Bonchev–Trinajstić information content (AvgIpc) is 2.20. The van der Waals surface area contributed by atoms with Crippen LogP contribution in [-0.4, -0.2) is 9.97 Å². The fourth-order valence-electron chi connectivity index (χ4n) is 1.35. The fraction of sp³-hybridized carbons (Fsp3) is 0.0909. The minimum Gasteiger partial charge on any atom is -0.243 e. The Morgan fingerprint density at radius 2 is 2.00 bits per heavy atom. The zero-order valence-corrected chi connectivity index (χ0v) is 8.49. The maximum absolute atomic E-state index is 6.01. The van der Waals surface area contributed by atoms with Gasteiger partial charge in [-0.25, -0.2) is 9.97 Å². The maximum Gasteiger partial charge on any atom is 0.116 e. The topological polar surface area (TPSA) is 25.8 Å². The molecule has 1 aromatic carbocycles. The molecule has 70 valence electrons. The molecule has 1 heterocycles. The Morgan fingerprint density at radius 1 is 1.21 bits per heavy atom. The highest BCUT2D eigenvalue weighted by Gasteiger charge is 2.06. The van der Waals surface area contributed by atoms with E-state index in [1.54, 1.807) is 6.20 Å². The summed E-state index contributed by atoms with van der Waals surface area (Å²) in [7, 11) is 0. The molecule has 1 aromatic heterocycles. The van der Waals surface area contributed by atoms with Crippen LogP contribution < -0.4 is 0 Å². The molecule has 0 fully saturated rings. The van der Waals surface area contributed by atoms with Crippen molar-refractivity contribution in [1.82, 2.24) is 9.97 Å². The molecule has 0 spiro atoms. The van der Waals surface area contributed by atoms with Crippen LogP contribution in [0.3, 0.4) is 0 Å². The molecule has 2 rings (SSSR count). The van der Waals surface area contributed by atoms with Crippen molar-refractivity contribution in [2.45, 2.75) is 6.92 Å². The summed E-state index contributed by atoms with van der Waals surface area (Å²) < 4.78 is 0. The molecule has 0 radical (unpaired) electrons. The van der Waals surface area contributed by atoms with Crippen LogP contribution in [0.15, 0.2) is 36.8 Å². The molecule has 0 saturated carbocycles. The predicted molar refractivity (Wildman–Crippen MR) is 57.2 cm³/mol. The summed E-state index contributed by atoms with van der Waals surface area (Å²) in [6.45, 7) is 2.04. The lowest BCUT2D eigenvalue weighted by Gasteiger charge is -2.05. The van der Waals surface area contributed by atoms with Crippen molar-refractivity contribution < 1.29 is 0 Å². The van der Waals surface area contributed by atoms with E-state index < -0.39 is 0 Å². The number of aromatic nitrogens is 2. The van der Waals surface area contributed by atoms with E-state index >= 15 is 0 Å². The van der Waals surface area contributed by atoms with Crippen molar-refractivity contribution in [2.75, 3.05) is 0 Å². The van der Waals surface area contributed by atoms with E-state index in [2.05, 4.69) is 9.97 Å². The minimum atomic E-state index is 0.585. The second-order valence-corrected chi connectivity index (χ2v) is 3.44. The summed E-state index contributed by atoms with van der Waals surface area (Å²) >= 11 is 6.01.